The van der Waals surface area contributed by atoms with Gasteiger partial charge in [0, 0.05) is 74.7 Å². The number of halogens is 1. The number of nitrogens with one attached hydrogen (secondary N) is 3. The van der Waals surface area contributed by atoms with Gasteiger partial charge in [-0.05, 0) is 56.8 Å². The van der Waals surface area contributed by atoms with Crippen LogP contribution in [-0.2, 0) is 4.79 Å². The standard InChI is InChI=1S/C26H35FN6O2/c1-26(17-21(26)22-5-3-4-10-29-22)30-12-11-28-18-23(25(35)33-15-13-32(2)14-16-33)31-24(34)19-6-8-20(27)9-7-19/h3-10,21,23,28,30H,11-18H2,1-2H3,(H,31,34)/t21-,23-,26?/m0/s1. The zero-order chi connectivity index (χ0) is 24.8. The summed E-state index contributed by atoms with van der Waals surface area (Å²) in [6.45, 7) is 6.79. The molecule has 0 spiro atoms. The second kappa shape index (κ2) is 11.2. The molecular formula is C26H35FN6O2. The molecule has 1 saturated carbocycles. The quantitative estimate of drug-likeness (QED) is 0.442. The molecule has 3 atom stereocenters. The van der Waals surface area contributed by atoms with Crippen LogP contribution in [0.15, 0.2) is 48.7 Å². The summed E-state index contributed by atoms with van der Waals surface area (Å²) in [4.78, 5) is 34.4. The SMILES string of the molecule is CN1CCN(C(=O)[C@H](CNCCNC2(C)C[C@H]2c2ccccn2)NC(=O)c2ccc(F)cc2)CC1. The van der Waals surface area contributed by atoms with Gasteiger partial charge >= 0.3 is 0 Å². The minimum atomic E-state index is -0.700. The maximum absolute atomic E-state index is 13.2. The number of nitrogens with zero attached hydrogens (tertiary/aromatic N) is 3. The number of hydrogen-bond donors (Lipinski definition) is 3. The Balaban J connectivity index is 1.29. The Morgan fingerprint density at radius 1 is 1.11 bits per heavy atom. The Hall–Kier alpha value is -2.88. The third kappa shape index (κ3) is 6.62. The lowest BCUT2D eigenvalue weighted by Crippen LogP contribution is -2.57. The Morgan fingerprint density at radius 2 is 1.86 bits per heavy atom. The molecule has 0 bridgehead atoms. The highest BCUT2D eigenvalue weighted by atomic mass is 19.1. The van der Waals surface area contributed by atoms with Gasteiger partial charge in [-0.15, -0.1) is 0 Å². The van der Waals surface area contributed by atoms with Crippen molar-refractivity contribution in [3.63, 3.8) is 0 Å². The van der Waals surface area contributed by atoms with E-state index in [0.717, 1.165) is 31.7 Å². The van der Waals surface area contributed by atoms with E-state index >= 15 is 0 Å². The number of carbonyl (C=O) groups is 2. The van der Waals surface area contributed by atoms with E-state index in [1.807, 2.05) is 25.4 Å². The summed E-state index contributed by atoms with van der Waals surface area (Å²) in [5.41, 5.74) is 1.46. The number of aromatic nitrogens is 1. The van der Waals surface area contributed by atoms with Gasteiger partial charge in [0.15, 0.2) is 0 Å². The number of amides is 2. The van der Waals surface area contributed by atoms with Gasteiger partial charge in [0.1, 0.15) is 11.9 Å². The maximum atomic E-state index is 13.2. The summed E-state index contributed by atoms with van der Waals surface area (Å²) in [5, 5.41) is 9.77. The van der Waals surface area contributed by atoms with Gasteiger partial charge in [0.2, 0.25) is 5.91 Å². The lowest BCUT2D eigenvalue weighted by Gasteiger charge is -2.35. The first-order chi connectivity index (χ1) is 16.9. The average Bonchev–Trinajstić information content (AvgIpc) is 3.55. The van der Waals surface area contributed by atoms with Crippen LogP contribution in [0.5, 0.6) is 0 Å². The number of likely N-dealkylation sites (N-methyl/N-ethyl adjacent to an activating group) is 1. The molecule has 2 aliphatic rings. The molecule has 8 nitrogen and oxygen atoms in total. The average molecular weight is 483 g/mol. The van der Waals surface area contributed by atoms with Gasteiger partial charge in [0.25, 0.3) is 5.91 Å². The van der Waals surface area contributed by atoms with E-state index in [-0.39, 0.29) is 17.4 Å². The number of rotatable bonds is 10. The summed E-state index contributed by atoms with van der Waals surface area (Å²) in [6.07, 6.45) is 2.87. The second-order valence-electron chi connectivity index (χ2n) is 9.72. The van der Waals surface area contributed by atoms with E-state index in [2.05, 4.69) is 38.8 Å². The molecular weight excluding hydrogens is 447 g/mol. The lowest BCUT2D eigenvalue weighted by molar-refractivity contribution is -0.134. The van der Waals surface area contributed by atoms with Crippen LogP contribution in [0.25, 0.3) is 0 Å². The first-order valence-corrected chi connectivity index (χ1v) is 12.3. The number of benzene rings is 1. The van der Waals surface area contributed by atoms with Crippen LogP contribution in [0.1, 0.15) is 35.3 Å². The fraction of sp³-hybridized carbons (Fsp3) is 0.500. The van der Waals surface area contributed by atoms with E-state index in [4.69, 9.17) is 0 Å². The van der Waals surface area contributed by atoms with Crippen molar-refractivity contribution in [2.45, 2.75) is 30.8 Å². The summed E-state index contributed by atoms with van der Waals surface area (Å²) in [5.74, 6) is -0.486. The summed E-state index contributed by atoms with van der Waals surface area (Å²) in [6, 6.07) is 10.6. The molecule has 3 N–H and O–H groups in total. The Bertz CT molecular complexity index is 997. The smallest absolute Gasteiger partial charge is 0.251 e. The third-order valence-electron chi connectivity index (χ3n) is 6.99. The van der Waals surface area contributed by atoms with E-state index < -0.39 is 11.9 Å². The Morgan fingerprint density at radius 3 is 2.54 bits per heavy atom. The van der Waals surface area contributed by atoms with E-state index in [0.29, 0.717) is 37.7 Å². The van der Waals surface area contributed by atoms with Crippen molar-refractivity contribution in [3.8, 4) is 0 Å². The van der Waals surface area contributed by atoms with Crippen molar-refractivity contribution in [1.29, 1.82) is 0 Å². The van der Waals surface area contributed by atoms with Gasteiger partial charge in [-0.1, -0.05) is 6.07 Å². The number of hydrogen-bond acceptors (Lipinski definition) is 6. The zero-order valence-corrected chi connectivity index (χ0v) is 20.5. The zero-order valence-electron chi connectivity index (χ0n) is 20.5. The normalized spacial score (nSPS) is 23.1. The molecule has 2 amide bonds. The van der Waals surface area contributed by atoms with Gasteiger partial charge in [0.05, 0.1) is 0 Å². The van der Waals surface area contributed by atoms with Crippen molar-refractivity contribution in [2.75, 3.05) is 52.9 Å². The highest BCUT2D eigenvalue weighted by Crippen LogP contribution is 2.50. The second-order valence-corrected chi connectivity index (χ2v) is 9.72. The molecule has 2 heterocycles. The molecule has 1 unspecified atom stereocenters. The predicted octanol–water partition coefficient (Wildman–Crippen LogP) is 1.22. The first-order valence-electron chi connectivity index (χ1n) is 12.3. The molecule has 188 valence electrons. The van der Waals surface area contributed by atoms with Crippen LogP contribution in [0, 0.1) is 5.82 Å². The van der Waals surface area contributed by atoms with Crippen LogP contribution in [-0.4, -0.2) is 91.0 Å². The molecule has 2 fully saturated rings. The number of piperazine rings is 1. The fourth-order valence-electron chi connectivity index (χ4n) is 4.55. The number of carbonyl (C=O) groups excluding carboxylic acids is 2. The summed E-state index contributed by atoms with van der Waals surface area (Å²) >= 11 is 0. The minimum absolute atomic E-state index is 0.0296. The lowest BCUT2D eigenvalue weighted by atomic mass is 10.1. The van der Waals surface area contributed by atoms with Crippen molar-refractivity contribution < 1.29 is 14.0 Å². The van der Waals surface area contributed by atoms with Gasteiger partial charge in [-0.25, -0.2) is 4.39 Å². The molecule has 1 saturated heterocycles. The van der Waals surface area contributed by atoms with Gasteiger partial charge in [-0.3, -0.25) is 14.6 Å². The fourth-order valence-corrected chi connectivity index (χ4v) is 4.55. The van der Waals surface area contributed by atoms with Crippen LogP contribution in [0.3, 0.4) is 0 Å². The van der Waals surface area contributed by atoms with Crippen LogP contribution < -0.4 is 16.0 Å². The summed E-state index contributed by atoms with van der Waals surface area (Å²) < 4.78 is 13.2. The first kappa shape index (κ1) is 25.2. The molecule has 1 aliphatic heterocycles. The van der Waals surface area contributed by atoms with Gasteiger partial charge < -0.3 is 25.8 Å². The van der Waals surface area contributed by atoms with Gasteiger partial charge in [-0.2, -0.15) is 0 Å². The molecule has 2 aromatic rings. The minimum Gasteiger partial charge on any atom is -0.339 e. The van der Waals surface area contributed by atoms with Crippen molar-refractivity contribution in [2.24, 2.45) is 0 Å². The monoisotopic (exact) mass is 482 g/mol. The predicted molar refractivity (Wildman–Crippen MR) is 133 cm³/mol. The third-order valence-corrected chi connectivity index (χ3v) is 6.99. The van der Waals surface area contributed by atoms with E-state index in [1.54, 1.807) is 4.90 Å². The molecule has 4 rings (SSSR count). The molecule has 0 radical (unpaired) electrons. The molecule has 1 aromatic heterocycles. The van der Waals surface area contributed by atoms with E-state index in [1.165, 1.54) is 24.3 Å². The highest BCUT2D eigenvalue weighted by Gasteiger charge is 2.51. The van der Waals surface area contributed by atoms with Crippen LogP contribution in [0.2, 0.25) is 0 Å². The van der Waals surface area contributed by atoms with Crippen molar-refractivity contribution in [1.82, 2.24) is 30.7 Å². The Labute approximate surface area is 206 Å². The molecule has 9 heteroatoms. The largest absolute Gasteiger partial charge is 0.339 e. The topological polar surface area (TPSA) is 89.6 Å². The van der Waals surface area contributed by atoms with E-state index in [9.17, 15) is 14.0 Å². The molecule has 35 heavy (non-hydrogen) atoms. The molecule has 1 aromatic carbocycles. The summed E-state index contributed by atoms with van der Waals surface area (Å²) in [7, 11) is 2.03. The van der Waals surface area contributed by atoms with Crippen LogP contribution in [0.4, 0.5) is 4.39 Å². The van der Waals surface area contributed by atoms with Crippen molar-refractivity contribution >= 4 is 11.8 Å². The highest BCUT2D eigenvalue weighted by molar-refractivity contribution is 5.97. The number of pyridine rings is 1. The molecule has 1 aliphatic carbocycles. The van der Waals surface area contributed by atoms with Crippen molar-refractivity contribution in [3.05, 3.63) is 65.7 Å². The van der Waals surface area contributed by atoms with Crippen LogP contribution >= 0.6 is 0 Å². The maximum Gasteiger partial charge on any atom is 0.251 e. The Kier molecular flexibility index (Phi) is 8.10.